The van der Waals surface area contributed by atoms with Gasteiger partial charge in [-0.05, 0) is 49.6 Å². The van der Waals surface area contributed by atoms with E-state index in [9.17, 15) is 14.7 Å². The van der Waals surface area contributed by atoms with Crippen LogP contribution in [0.1, 0.15) is 34.8 Å². The van der Waals surface area contributed by atoms with Gasteiger partial charge in [0.15, 0.2) is 0 Å². The molecule has 170 valence electrons. The number of H-pyrrole nitrogens is 1. The Morgan fingerprint density at radius 1 is 1.24 bits per heavy atom. The molecule has 0 aliphatic carbocycles. The summed E-state index contributed by atoms with van der Waals surface area (Å²) in [4.78, 5) is 31.2. The fourth-order valence-corrected chi connectivity index (χ4v) is 4.91. The van der Waals surface area contributed by atoms with Gasteiger partial charge in [-0.1, -0.05) is 18.2 Å². The van der Waals surface area contributed by atoms with E-state index in [4.69, 9.17) is 9.47 Å². The quantitative estimate of drug-likeness (QED) is 0.353. The number of aliphatic hydroxyl groups excluding tert-OH is 1. The summed E-state index contributed by atoms with van der Waals surface area (Å²) in [6, 6.07) is 12.5. The lowest BCUT2D eigenvalue weighted by Gasteiger charge is -2.25. The van der Waals surface area contributed by atoms with E-state index < -0.39 is 17.7 Å². The Labute approximate surface area is 191 Å². The van der Waals surface area contributed by atoms with E-state index in [2.05, 4.69) is 4.98 Å². The van der Waals surface area contributed by atoms with Crippen molar-refractivity contribution in [1.29, 1.82) is 0 Å². The summed E-state index contributed by atoms with van der Waals surface area (Å²) in [5, 5.41) is 12.3. The number of rotatable bonds is 5. The van der Waals surface area contributed by atoms with Gasteiger partial charge >= 0.3 is 0 Å². The van der Waals surface area contributed by atoms with Gasteiger partial charge < -0.3 is 24.5 Å². The number of nitrogens with zero attached hydrogens (tertiary/aromatic N) is 1. The Hall–Kier alpha value is -3.58. The minimum absolute atomic E-state index is 0.0978. The molecule has 0 spiro atoms. The Morgan fingerprint density at radius 2 is 2.06 bits per heavy atom. The highest BCUT2D eigenvalue weighted by Crippen LogP contribution is 2.43. The Morgan fingerprint density at radius 3 is 2.88 bits per heavy atom. The molecule has 0 radical (unpaired) electrons. The first-order chi connectivity index (χ1) is 16.0. The maximum atomic E-state index is 13.3. The van der Waals surface area contributed by atoms with Crippen molar-refractivity contribution >= 4 is 28.4 Å². The van der Waals surface area contributed by atoms with E-state index in [1.807, 2.05) is 43.3 Å². The van der Waals surface area contributed by atoms with Crippen molar-refractivity contribution in [2.24, 2.45) is 0 Å². The maximum Gasteiger partial charge on any atom is 0.295 e. The number of aryl methyl sites for hydroxylation is 2. The van der Waals surface area contributed by atoms with Gasteiger partial charge in [-0.25, -0.2) is 0 Å². The van der Waals surface area contributed by atoms with Gasteiger partial charge in [0.1, 0.15) is 11.5 Å². The van der Waals surface area contributed by atoms with Crippen LogP contribution < -0.4 is 4.74 Å². The van der Waals surface area contributed by atoms with Crippen molar-refractivity contribution in [2.45, 2.75) is 25.8 Å². The Bertz CT molecular complexity index is 1290. The molecule has 1 aromatic heterocycles. The van der Waals surface area contributed by atoms with Crippen molar-refractivity contribution in [1.82, 2.24) is 9.88 Å². The predicted octanol–water partition coefficient (Wildman–Crippen LogP) is 3.87. The number of carbonyl (C=O) groups is 2. The number of hydrogen-bond donors (Lipinski definition) is 2. The first-order valence-corrected chi connectivity index (χ1v) is 11.1. The van der Waals surface area contributed by atoms with Crippen molar-refractivity contribution in [3.05, 3.63) is 70.4 Å². The number of hydrogen-bond acceptors (Lipinski definition) is 5. The molecule has 5 rings (SSSR count). The average molecular weight is 447 g/mol. The Balaban J connectivity index is 1.71. The molecule has 3 aromatic rings. The normalized spacial score (nSPS) is 19.7. The average Bonchev–Trinajstić information content (AvgIpc) is 3.29. The molecule has 2 aromatic carbocycles. The molecule has 0 bridgehead atoms. The number of Topliss-reactive ketones (excluding diaryl/α,β-unsaturated/α-hetero) is 1. The van der Waals surface area contributed by atoms with Gasteiger partial charge in [0.05, 0.1) is 24.8 Å². The second kappa shape index (κ2) is 8.41. The van der Waals surface area contributed by atoms with Crippen molar-refractivity contribution in [3.8, 4) is 5.75 Å². The number of aromatic nitrogens is 1. The Kier molecular flexibility index (Phi) is 5.42. The van der Waals surface area contributed by atoms with Gasteiger partial charge in [0, 0.05) is 41.4 Å². The molecule has 1 unspecified atom stereocenters. The number of benzene rings is 2. The van der Waals surface area contributed by atoms with Gasteiger partial charge in [0.2, 0.25) is 0 Å². The molecule has 2 N–H and O–H groups in total. The zero-order chi connectivity index (χ0) is 23.1. The molecule has 33 heavy (non-hydrogen) atoms. The largest absolute Gasteiger partial charge is 0.507 e. The summed E-state index contributed by atoms with van der Waals surface area (Å²) in [5.41, 5.74) is 4.15. The summed E-state index contributed by atoms with van der Waals surface area (Å²) in [6.07, 6.45) is 1.73. The minimum Gasteiger partial charge on any atom is -0.507 e. The number of carbonyl (C=O) groups excluding carboxylic acids is 2. The van der Waals surface area contributed by atoms with Gasteiger partial charge in [-0.2, -0.15) is 0 Å². The van der Waals surface area contributed by atoms with Crippen LogP contribution in [0, 0.1) is 6.92 Å². The number of nitrogens with one attached hydrogen (secondary N) is 1. The summed E-state index contributed by atoms with van der Waals surface area (Å²) in [7, 11) is 1.55. The highest BCUT2D eigenvalue weighted by Gasteiger charge is 2.47. The number of amides is 1. The molecule has 2 aliphatic rings. The highest BCUT2D eigenvalue weighted by atomic mass is 16.5. The van der Waals surface area contributed by atoms with Crippen molar-refractivity contribution < 1.29 is 24.2 Å². The van der Waals surface area contributed by atoms with E-state index in [1.165, 1.54) is 4.90 Å². The molecular formula is C26H26N2O5. The number of aliphatic hydroxyl groups is 1. The fourth-order valence-electron chi connectivity index (χ4n) is 4.91. The number of likely N-dealkylation sites (tertiary alicyclic amines) is 1. The van der Waals surface area contributed by atoms with Crippen LogP contribution in [0.15, 0.2) is 48.0 Å². The number of para-hydroxylation sites is 1. The smallest absolute Gasteiger partial charge is 0.295 e. The summed E-state index contributed by atoms with van der Waals surface area (Å²) < 4.78 is 10.9. The number of fused-ring (bicyclic) bond motifs is 2. The molecule has 1 atom stereocenters. The third-order valence-electron chi connectivity index (χ3n) is 6.48. The van der Waals surface area contributed by atoms with Crippen LogP contribution in [-0.4, -0.2) is 53.5 Å². The molecule has 2 aliphatic heterocycles. The second-order valence-corrected chi connectivity index (χ2v) is 8.47. The SMILES string of the molecule is COCCN1C(=O)C(=O)/C(=C(/O)c2ccc3c(c2)CCCO3)C1c1c(C)[nH]c2ccccc12. The third kappa shape index (κ3) is 3.49. The zero-order valence-corrected chi connectivity index (χ0v) is 18.7. The van der Waals surface area contributed by atoms with Gasteiger partial charge in [-0.3, -0.25) is 9.59 Å². The molecule has 0 saturated carbocycles. The van der Waals surface area contributed by atoms with E-state index >= 15 is 0 Å². The lowest BCUT2D eigenvalue weighted by atomic mass is 9.92. The van der Waals surface area contributed by atoms with E-state index in [-0.39, 0.29) is 24.5 Å². The van der Waals surface area contributed by atoms with Gasteiger partial charge in [-0.15, -0.1) is 0 Å². The molecule has 1 saturated heterocycles. The molecule has 7 heteroatoms. The van der Waals surface area contributed by atoms with Crippen LogP contribution in [0.25, 0.3) is 16.7 Å². The molecule has 3 heterocycles. The topological polar surface area (TPSA) is 91.9 Å². The molecular weight excluding hydrogens is 420 g/mol. The van der Waals surface area contributed by atoms with E-state index in [0.717, 1.165) is 46.3 Å². The van der Waals surface area contributed by atoms with Crippen molar-refractivity contribution in [2.75, 3.05) is 26.9 Å². The van der Waals surface area contributed by atoms with E-state index in [1.54, 1.807) is 13.2 Å². The summed E-state index contributed by atoms with van der Waals surface area (Å²) in [5.74, 6) is -0.699. The zero-order valence-electron chi connectivity index (χ0n) is 18.7. The lowest BCUT2D eigenvalue weighted by Crippen LogP contribution is -2.32. The number of ether oxygens (including phenoxy) is 2. The van der Waals surface area contributed by atoms with Crippen LogP contribution in [0.5, 0.6) is 5.75 Å². The maximum absolute atomic E-state index is 13.3. The predicted molar refractivity (Wildman–Crippen MR) is 124 cm³/mol. The van der Waals surface area contributed by atoms with Crippen LogP contribution in [0.2, 0.25) is 0 Å². The number of aromatic amines is 1. The van der Waals surface area contributed by atoms with Gasteiger partial charge in [0.25, 0.3) is 11.7 Å². The van der Waals surface area contributed by atoms with Crippen LogP contribution in [-0.2, 0) is 20.7 Å². The molecule has 7 nitrogen and oxygen atoms in total. The van der Waals surface area contributed by atoms with Crippen LogP contribution >= 0.6 is 0 Å². The second-order valence-electron chi connectivity index (χ2n) is 8.47. The first-order valence-electron chi connectivity index (χ1n) is 11.1. The monoisotopic (exact) mass is 446 g/mol. The lowest BCUT2D eigenvalue weighted by molar-refractivity contribution is -0.140. The minimum atomic E-state index is -0.719. The fraction of sp³-hybridized carbons (Fsp3) is 0.308. The molecule has 1 amide bonds. The third-order valence-corrected chi connectivity index (χ3v) is 6.48. The van der Waals surface area contributed by atoms with Crippen LogP contribution in [0.4, 0.5) is 0 Å². The summed E-state index contributed by atoms with van der Waals surface area (Å²) in [6.45, 7) is 3.10. The van der Waals surface area contributed by atoms with Crippen molar-refractivity contribution in [3.63, 3.8) is 0 Å². The van der Waals surface area contributed by atoms with Crippen LogP contribution in [0.3, 0.4) is 0 Å². The van der Waals surface area contributed by atoms with E-state index in [0.29, 0.717) is 12.2 Å². The summed E-state index contributed by atoms with van der Waals surface area (Å²) >= 11 is 0. The molecule has 1 fully saturated rings. The first kappa shape index (κ1) is 21.3. The highest BCUT2D eigenvalue weighted by molar-refractivity contribution is 6.46. The standard InChI is InChI=1S/C26H26N2O5/c1-15-21(18-7-3-4-8-19(18)27-15)23-22(25(30)26(31)28(23)11-13-32-2)24(29)17-9-10-20-16(14-17)6-5-12-33-20/h3-4,7-10,14,23,27,29H,5-6,11-13H2,1-2H3/b24-22+. The number of methoxy groups -OCH3 is 1. The number of ketones is 1.